The first-order valence-electron chi connectivity index (χ1n) is 9.54. The van der Waals surface area contributed by atoms with Crippen LogP contribution in [0.5, 0.6) is 0 Å². The van der Waals surface area contributed by atoms with Gasteiger partial charge in [0.1, 0.15) is 0 Å². The normalized spacial score (nSPS) is 15.2. The van der Waals surface area contributed by atoms with Gasteiger partial charge < -0.3 is 9.80 Å². The highest BCUT2D eigenvalue weighted by molar-refractivity contribution is 6.33. The third kappa shape index (κ3) is 5.30. The molecule has 0 aromatic heterocycles. The van der Waals surface area contributed by atoms with Crippen molar-refractivity contribution in [2.45, 2.75) is 19.3 Å². The van der Waals surface area contributed by atoms with Gasteiger partial charge in [-0.25, -0.2) is 0 Å². The van der Waals surface area contributed by atoms with Crippen LogP contribution in [0.3, 0.4) is 0 Å². The molecule has 1 aliphatic rings. The van der Waals surface area contributed by atoms with E-state index in [1.165, 1.54) is 23.8 Å². The van der Waals surface area contributed by atoms with Crippen molar-refractivity contribution in [3.05, 3.63) is 74.8 Å². The molecular weight excluding hydrogens is 378 g/mol. The van der Waals surface area contributed by atoms with Crippen molar-refractivity contribution >= 4 is 23.2 Å². The lowest BCUT2D eigenvalue weighted by molar-refractivity contribution is -0.384. The van der Waals surface area contributed by atoms with E-state index in [9.17, 15) is 14.9 Å². The average Bonchev–Trinajstić information content (AvgIpc) is 2.94. The minimum atomic E-state index is -0.510. The van der Waals surface area contributed by atoms with Gasteiger partial charge in [0.05, 0.1) is 15.5 Å². The Labute approximate surface area is 169 Å². The molecule has 28 heavy (non-hydrogen) atoms. The van der Waals surface area contributed by atoms with Crippen LogP contribution in [0.4, 0.5) is 5.69 Å². The van der Waals surface area contributed by atoms with Gasteiger partial charge >= 0.3 is 0 Å². The van der Waals surface area contributed by atoms with Crippen LogP contribution in [0.2, 0.25) is 5.02 Å². The molecule has 0 unspecified atom stereocenters. The molecule has 0 atom stereocenters. The van der Waals surface area contributed by atoms with Gasteiger partial charge in [0.15, 0.2) is 0 Å². The predicted molar refractivity (Wildman–Crippen MR) is 110 cm³/mol. The molecule has 148 valence electrons. The van der Waals surface area contributed by atoms with Crippen LogP contribution in [0.1, 0.15) is 28.8 Å². The zero-order chi connectivity index (χ0) is 19.9. The summed E-state index contributed by atoms with van der Waals surface area (Å²) in [7, 11) is 0. The van der Waals surface area contributed by atoms with Crippen LogP contribution in [0, 0.1) is 10.1 Å². The van der Waals surface area contributed by atoms with E-state index in [-0.39, 0.29) is 22.2 Å². The van der Waals surface area contributed by atoms with E-state index >= 15 is 0 Å². The highest BCUT2D eigenvalue weighted by Crippen LogP contribution is 2.24. The van der Waals surface area contributed by atoms with E-state index in [0.29, 0.717) is 13.1 Å². The van der Waals surface area contributed by atoms with Crippen molar-refractivity contribution in [3.8, 4) is 0 Å². The van der Waals surface area contributed by atoms with Crippen LogP contribution in [0.15, 0.2) is 48.5 Å². The highest BCUT2D eigenvalue weighted by Gasteiger charge is 2.23. The quantitative estimate of drug-likeness (QED) is 0.541. The first kappa shape index (κ1) is 20.3. The van der Waals surface area contributed by atoms with E-state index < -0.39 is 4.92 Å². The zero-order valence-corrected chi connectivity index (χ0v) is 16.5. The molecule has 0 bridgehead atoms. The number of amides is 1. The largest absolute Gasteiger partial charge is 0.337 e. The molecule has 0 N–H and O–H groups in total. The minimum Gasteiger partial charge on any atom is -0.337 e. The molecule has 1 fully saturated rings. The standard InChI is InChI=1S/C21H24ClN3O3/c22-20-10-9-18(25(27)28)16-19(20)21(26)24-13-5-12-23(14-15-24)11-4-8-17-6-2-1-3-7-17/h1-3,6-7,9-10,16H,4-5,8,11-15H2. The number of carbonyl (C=O) groups excluding carboxylic acids is 1. The Kier molecular flexibility index (Phi) is 7.01. The minimum absolute atomic E-state index is 0.120. The Morgan fingerprint density at radius 2 is 1.86 bits per heavy atom. The first-order valence-corrected chi connectivity index (χ1v) is 9.92. The Morgan fingerprint density at radius 3 is 2.61 bits per heavy atom. The Hall–Kier alpha value is -2.44. The number of benzene rings is 2. The molecule has 0 radical (unpaired) electrons. The molecule has 1 saturated heterocycles. The number of nitrogens with zero attached hydrogens (tertiary/aromatic N) is 3. The SMILES string of the molecule is O=C(c1cc([N+](=O)[O-])ccc1Cl)N1CCCN(CCCc2ccccc2)CC1. The van der Waals surface area contributed by atoms with Gasteiger partial charge in [-0.05, 0) is 44.0 Å². The number of rotatable bonds is 6. The lowest BCUT2D eigenvalue weighted by atomic mass is 10.1. The van der Waals surface area contributed by atoms with Gasteiger partial charge in [0.25, 0.3) is 11.6 Å². The van der Waals surface area contributed by atoms with Crippen molar-refractivity contribution in [3.63, 3.8) is 0 Å². The van der Waals surface area contributed by atoms with Crippen molar-refractivity contribution < 1.29 is 9.72 Å². The lowest BCUT2D eigenvalue weighted by Crippen LogP contribution is -2.35. The number of carbonyl (C=O) groups is 1. The summed E-state index contributed by atoms with van der Waals surface area (Å²) in [5.74, 6) is -0.236. The number of hydrogen-bond donors (Lipinski definition) is 0. The third-order valence-electron chi connectivity index (χ3n) is 5.05. The van der Waals surface area contributed by atoms with E-state index in [1.807, 2.05) is 6.07 Å². The zero-order valence-electron chi connectivity index (χ0n) is 15.7. The van der Waals surface area contributed by atoms with Crippen molar-refractivity contribution in [2.24, 2.45) is 0 Å². The molecule has 2 aromatic carbocycles. The van der Waals surface area contributed by atoms with Gasteiger partial charge in [-0.3, -0.25) is 14.9 Å². The van der Waals surface area contributed by atoms with Crippen molar-refractivity contribution in [2.75, 3.05) is 32.7 Å². The van der Waals surface area contributed by atoms with Gasteiger partial charge in [0, 0.05) is 31.8 Å². The second-order valence-electron chi connectivity index (χ2n) is 7.00. The Bertz CT molecular complexity index is 829. The summed E-state index contributed by atoms with van der Waals surface area (Å²) < 4.78 is 0. The molecule has 0 saturated carbocycles. The molecule has 6 nitrogen and oxygen atoms in total. The number of nitro benzene ring substituents is 1. The predicted octanol–water partition coefficient (Wildman–Crippen LogP) is 4.03. The van der Waals surface area contributed by atoms with Crippen LogP contribution in [-0.2, 0) is 6.42 Å². The molecule has 0 aliphatic carbocycles. The topological polar surface area (TPSA) is 66.7 Å². The second kappa shape index (κ2) is 9.66. The molecule has 1 amide bonds. The average molecular weight is 402 g/mol. The van der Waals surface area contributed by atoms with Crippen molar-refractivity contribution in [1.29, 1.82) is 0 Å². The third-order valence-corrected chi connectivity index (χ3v) is 5.38. The van der Waals surface area contributed by atoms with E-state index in [4.69, 9.17) is 11.6 Å². The van der Waals surface area contributed by atoms with Crippen molar-refractivity contribution in [1.82, 2.24) is 9.80 Å². The van der Waals surface area contributed by atoms with Gasteiger partial charge in [0.2, 0.25) is 0 Å². The number of non-ortho nitro benzene ring substituents is 1. The fourth-order valence-electron chi connectivity index (χ4n) is 3.51. The Balaban J connectivity index is 1.55. The summed E-state index contributed by atoms with van der Waals surface area (Å²) in [5, 5.41) is 11.2. The molecule has 2 aromatic rings. The maximum atomic E-state index is 12.9. The first-order chi connectivity index (χ1) is 13.5. The number of nitro groups is 1. The fraction of sp³-hybridized carbons (Fsp3) is 0.381. The highest BCUT2D eigenvalue weighted by atomic mass is 35.5. The van der Waals surface area contributed by atoms with Gasteiger partial charge in [-0.15, -0.1) is 0 Å². The molecular formula is C21H24ClN3O3. The number of halogens is 1. The monoisotopic (exact) mass is 401 g/mol. The number of aryl methyl sites for hydroxylation is 1. The summed E-state index contributed by atoms with van der Waals surface area (Å²) in [4.78, 5) is 27.5. The van der Waals surface area contributed by atoms with E-state index in [0.717, 1.165) is 38.9 Å². The lowest BCUT2D eigenvalue weighted by Gasteiger charge is -2.22. The van der Waals surface area contributed by atoms with Crippen LogP contribution >= 0.6 is 11.6 Å². The van der Waals surface area contributed by atoms with Crippen LogP contribution < -0.4 is 0 Å². The van der Waals surface area contributed by atoms with Crippen LogP contribution in [0.25, 0.3) is 0 Å². The Morgan fingerprint density at radius 1 is 1.07 bits per heavy atom. The summed E-state index contributed by atoms with van der Waals surface area (Å²) in [6.45, 7) is 3.97. The van der Waals surface area contributed by atoms with E-state index in [2.05, 4.69) is 29.2 Å². The van der Waals surface area contributed by atoms with Gasteiger partial charge in [-0.1, -0.05) is 41.9 Å². The fourth-order valence-corrected chi connectivity index (χ4v) is 3.71. The second-order valence-corrected chi connectivity index (χ2v) is 7.41. The van der Waals surface area contributed by atoms with Crippen LogP contribution in [-0.4, -0.2) is 53.4 Å². The molecule has 1 heterocycles. The summed E-state index contributed by atoms with van der Waals surface area (Å²) in [6, 6.07) is 14.4. The summed E-state index contributed by atoms with van der Waals surface area (Å²) in [5.41, 5.74) is 1.42. The molecule has 3 rings (SSSR count). The summed E-state index contributed by atoms with van der Waals surface area (Å²) in [6.07, 6.45) is 3.00. The smallest absolute Gasteiger partial charge is 0.270 e. The maximum Gasteiger partial charge on any atom is 0.270 e. The van der Waals surface area contributed by atoms with Gasteiger partial charge in [-0.2, -0.15) is 0 Å². The molecule has 1 aliphatic heterocycles. The van der Waals surface area contributed by atoms with E-state index in [1.54, 1.807) is 4.90 Å². The maximum absolute atomic E-state index is 12.9. The molecule has 0 spiro atoms. The number of hydrogen-bond acceptors (Lipinski definition) is 4. The summed E-state index contributed by atoms with van der Waals surface area (Å²) >= 11 is 6.13. The molecule has 7 heteroatoms.